The van der Waals surface area contributed by atoms with Gasteiger partial charge in [0.2, 0.25) is 11.8 Å². The minimum Gasteiger partial charge on any atom is -0.414 e. The van der Waals surface area contributed by atoms with Crippen molar-refractivity contribution in [2.45, 2.75) is 154 Å². The maximum atomic E-state index is 13.9. The molecule has 0 unspecified atom stereocenters. The average molecular weight is 875 g/mol. The number of nitro groups is 1. The van der Waals surface area contributed by atoms with Crippen LogP contribution < -0.4 is 5.73 Å². The average Bonchev–Trinajstić information content (AvgIpc) is 3.09. The molecule has 0 aliphatic carbocycles. The molecule has 0 atom stereocenters. The molecule has 2 aromatic rings. The van der Waals surface area contributed by atoms with Crippen molar-refractivity contribution in [1.82, 2.24) is 9.80 Å². The maximum absolute atomic E-state index is 13.9. The number of likely N-dealkylation sites (tertiary alicyclic amines) is 2. The Morgan fingerprint density at radius 1 is 0.737 bits per heavy atom. The fourth-order valence-corrected chi connectivity index (χ4v) is 9.27. The Bertz CT molecular complexity index is 1640. The number of amides is 2. The summed E-state index contributed by atoms with van der Waals surface area (Å²) in [7, 11) is -3.56. The summed E-state index contributed by atoms with van der Waals surface area (Å²) < 4.78 is 40.7. The molecule has 0 saturated carbocycles. The summed E-state index contributed by atoms with van der Waals surface area (Å²) >= 11 is 0. The van der Waals surface area contributed by atoms with E-state index in [-0.39, 0.29) is 62.7 Å². The van der Waals surface area contributed by atoms with Crippen LogP contribution in [0.2, 0.25) is 36.3 Å². The van der Waals surface area contributed by atoms with Gasteiger partial charge in [-0.15, -0.1) is 0 Å². The monoisotopic (exact) mass is 874 g/mol. The molecule has 2 aromatic carbocycles. The normalized spacial score (nSPS) is 16.1. The number of carbonyl (C=O) groups excluding carboxylic acids is 2. The summed E-state index contributed by atoms with van der Waals surface area (Å²) in [6, 6.07) is 8.41. The van der Waals surface area contributed by atoms with E-state index in [2.05, 4.69) is 67.7 Å². The first-order valence-corrected chi connectivity index (χ1v) is 26.1. The fraction of sp³-hybridized carbons (Fsp3) is 0.667. The summed E-state index contributed by atoms with van der Waals surface area (Å²) in [6.45, 7) is 25.4. The molecular weight excluding hydrogens is 806 g/mol. The smallest absolute Gasteiger partial charge is 0.272 e. The molecule has 2 amide bonds. The molecule has 2 saturated heterocycles. The maximum Gasteiger partial charge on any atom is 0.272 e. The number of halogens is 2. The number of non-ortho nitro benzene ring substituents is 1. The van der Waals surface area contributed by atoms with Crippen LogP contribution in [0, 0.1) is 21.7 Å². The number of aryl methyl sites for hydroxylation is 2. The molecule has 0 spiro atoms. The molecule has 2 heterocycles. The third kappa shape index (κ3) is 15.5. The van der Waals surface area contributed by atoms with E-state index in [4.69, 9.17) is 14.6 Å². The van der Waals surface area contributed by atoms with Gasteiger partial charge in [-0.05, 0) is 117 Å². The van der Waals surface area contributed by atoms with E-state index >= 15 is 0 Å². The van der Waals surface area contributed by atoms with Crippen LogP contribution in [0.15, 0.2) is 36.4 Å². The largest absolute Gasteiger partial charge is 0.414 e. The molecule has 10 nitrogen and oxygen atoms in total. The Hall–Kier alpha value is -2.69. The first-order chi connectivity index (χ1) is 25.9. The molecule has 322 valence electrons. The van der Waals surface area contributed by atoms with Crippen molar-refractivity contribution in [2.24, 2.45) is 0 Å². The van der Waals surface area contributed by atoms with Gasteiger partial charge in [0.1, 0.15) is 11.6 Å². The second kappa shape index (κ2) is 21.5. The Morgan fingerprint density at radius 2 is 1.11 bits per heavy atom. The number of nitro benzene ring substituents is 1. The topological polar surface area (TPSA) is 128 Å². The zero-order valence-electron chi connectivity index (χ0n) is 36.0. The van der Waals surface area contributed by atoms with E-state index in [1.165, 1.54) is 18.2 Å². The van der Waals surface area contributed by atoms with Crippen LogP contribution in [0.3, 0.4) is 0 Å². The summed E-state index contributed by atoms with van der Waals surface area (Å²) in [6.07, 6.45) is 6.94. The quantitative estimate of drug-likeness (QED) is 0.0919. The second-order valence-corrected chi connectivity index (χ2v) is 28.0. The van der Waals surface area contributed by atoms with Crippen LogP contribution in [0.1, 0.15) is 104 Å². The van der Waals surface area contributed by atoms with Crippen molar-refractivity contribution in [3.05, 3.63) is 69.3 Å². The zero-order valence-corrected chi connectivity index (χ0v) is 39.1. The van der Waals surface area contributed by atoms with Gasteiger partial charge in [0, 0.05) is 80.1 Å². The molecule has 0 radical (unpaired) electrons. The predicted molar refractivity (Wildman–Crippen MR) is 226 cm³/mol. The predicted octanol–water partition coefficient (Wildman–Crippen LogP) is 9.81. The molecule has 2 N–H and O–H groups in total. The number of carbonyl (C=O) groups is 2. The Labute approximate surface area is 352 Å². The van der Waals surface area contributed by atoms with Gasteiger partial charge in [-0.2, -0.15) is 0 Å². The number of anilines is 1. The number of hydrogen-bond donors (Lipinski definition) is 1. The van der Waals surface area contributed by atoms with Crippen LogP contribution in [-0.2, 0) is 48.4 Å². The second-order valence-electron chi connectivity index (χ2n) is 18.5. The molecule has 0 bridgehead atoms. The van der Waals surface area contributed by atoms with Crippen molar-refractivity contribution in [3.8, 4) is 0 Å². The minimum absolute atomic E-state index is 0. The van der Waals surface area contributed by atoms with Crippen LogP contribution in [0.4, 0.5) is 20.2 Å². The first-order valence-electron chi connectivity index (χ1n) is 20.3. The number of benzene rings is 2. The number of nitrogens with zero attached hydrogens (tertiary/aromatic N) is 3. The van der Waals surface area contributed by atoms with Gasteiger partial charge in [-0.3, -0.25) is 19.7 Å². The summed E-state index contributed by atoms with van der Waals surface area (Å²) in [5.74, 6) is -0.629. The van der Waals surface area contributed by atoms with E-state index < -0.39 is 27.4 Å². The zero-order chi connectivity index (χ0) is 42.1. The first kappa shape index (κ1) is 50.5. The van der Waals surface area contributed by atoms with E-state index in [0.717, 1.165) is 44.8 Å². The molecule has 2 aliphatic heterocycles. The Kier molecular flexibility index (Phi) is 19.1. The molecule has 4 rings (SSSR count). The van der Waals surface area contributed by atoms with Crippen LogP contribution >= 0.6 is 0 Å². The SMILES string of the molecule is CC(C)(C)[Si](C)(C)OC1CCN(C(=O)CCCc2ccc(N)cc2F)CC1.CC(C)(C)[Si](C)(C)OC1CCN(C(=O)CCCc2ccc([N+](=O)[O-])cc2F)CC1.[Fe]. The molecule has 15 heteroatoms. The molecule has 2 fully saturated rings. The van der Waals surface area contributed by atoms with Gasteiger partial charge in [-0.25, -0.2) is 8.78 Å². The minimum atomic E-state index is -1.80. The number of hydrogen-bond acceptors (Lipinski definition) is 7. The Balaban J connectivity index is 0.000000388. The number of nitrogens with two attached hydrogens (primary N) is 1. The summed E-state index contributed by atoms with van der Waals surface area (Å²) in [5.41, 5.74) is 6.76. The molecular formula is C42H68F2FeN4O6Si2. The van der Waals surface area contributed by atoms with Gasteiger partial charge in [-0.1, -0.05) is 47.6 Å². The van der Waals surface area contributed by atoms with Gasteiger partial charge < -0.3 is 24.4 Å². The Morgan fingerprint density at radius 3 is 1.44 bits per heavy atom. The van der Waals surface area contributed by atoms with Crippen molar-refractivity contribution in [2.75, 3.05) is 31.9 Å². The van der Waals surface area contributed by atoms with Crippen molar-refractivity contribution in [3.63, 3.8) is 0 Å². The molecule has 2 aliphatic rings. The standard InChI is InChI=1S/C21H33FN2O4Si.C21H35FN2O2Si.Fe/c1-21(2,3)29(4,5)28-18-11-13-23(14-12-18)20(25)8-6-7-16-9-10-17(24(26)27)15-19(16)22;1-21(2,3)27(4,5)26-18-11-13-24(14-12-18)20(25)8-6-7-16-9-10-17(23)15-19(16)22;/h9-10,15,18H,6-8,11-14H2,1-5H3;9-10,15,18H,6-8,11-14,23H2,1-5H3;. The van der Waals surface area contributed by atoms with Crippen molar-refractivity contribution in [1.29, 1.82) is 0 Å². The van der Waals surface area contributed by atoms with Gasteiger partial charge >= 0.3 is 0 Å². The third-order valence-corrected chi connectivity index (χ3v) is 21.2. The van der Waals surface area contributed by atoms with Crippen molar-refractivity contribution >= 4 is 39.8 Å². The number of nitrogen functional groups attached to an aromatic ring is 1. The van der Waals surface area contributed by atoms with Crippen LogP contribution in [0.25, 0.3) is 0 Å². The molecule has 0 aromatic heterocycles. The van der Waals surface area contributed by atoms with Gasteiger partial charge in [0.05, 0.1) is 11.0 Å². The third-order valence-electron chi connectivity index (χ3n) is 12.1. The molecule has 57 heavy (non-hydrogen) atoms. The van der Waals surface area contributed by atoms with Gasteiger partial charge in [0.15, 0.2) is 16.6 Å². The van der Waals surface area contributed by atoms with E-state index in [9.17, 15) is 28.5 Å². The van der Waals surface area contributed by atoms with Gasteiger partial charge in [0.25, 0.3) is 5.69 Å². The number of rotatable bonds is 13. The summed E-state index contributed by atoms with van der Waals surface area (Å²) in [4.78, 5) is 38.8. The number of piperidine rings is 2. The van der Waals surface area contributed by atoms with Crippen molar-refractivity contribution < 1.29 is 49.2 Å². The fourth-order valence-electron chi connectivity index (χ4n) is 6.43. The van der Waals surface area contributed by atoms with Crippen LogP contribution in [-0.4, -0.2) is 81.6 Å². The summed E-state index contributed by atoms with van der Waals surface area (Å²) in [5, 5.41) is 11.1. The van der Waals surface area contributed by atoms with E-state index in [0.29, 0.717) is 68.4 Å². The van der Waals surface area contributed by atoms with E-state index in [1.54, 1.807) is 12.1 Å². The van der Waals surface area contributed by atoms with E-state index in [1.807, 2.05) is 9.80 Å². The van der Waals surface area contributed by atoms with Crippen LogP contribution in [0.5, 0.6) is 0 Å².